The number of non-ortho nitro benzene ring substituents is 1. The highest BCUT2D eigenvalue weighted by atomic mass is 35.5. The Hall–Kier alpha value is -1.33. The number of anilines is 1. The Kier molecular flexibility index (Phi) is 3.77. The Balaban J connectivity index is 1.36. The van der Waals surface area contributed by atoms with Crippen LogP contribution in [0.2, 0.25) is 0 Å². The Morgan fingerprint density at radius 3 is 2.12 bits per heavy atom. The van der Waals surface area contributed by atoms with Crippen molar-refractivity contribution in [1.29, 1.82) is 0 Å². The Bertz CT molecular complexity index is 670. The van der Waals surface area contributed by atoms with E-state index >= 15 is 0 Å². The topological polar surface area (TPSA) is 72.2 Å². The lowest BCUT2D eigenvalue weighted by Gasteiger charge is -2.05. The fraction of sp³-hybridized carbons (Fsp3) is 0.588. The molecule has 3 aliphatic rings. The third kappa shape index (κ3) is 2.68. The Morgan fingerprint density at radius 2 is 1.62 bits per heavy atom. The summed E-state index contributed by atoms with van der Waals surface area (Å²) in [6.07, 6.45) is 4.01. The van der Waals surface area contributed by atoms with Gasteiger partial charge in [0.2, 0.25) is 5.91 Å². The van der Waals surface area contributed by atoms with Crippen molar-refractivity contribution in [3.05, 3.63) is 34.4 Å². The van der Waals surface area contributed by atoms with E-state index in [1.807, 2.05) is 0 Å². The molecule has 3 saturated carbocycles. The van der Waals surface area contributed by atoms with Crippen molar-refractivity contribution in [2.75, 3.05) is 5.32 Å². The minimum Gasteiger partial charge on any atom is -0.326 e. The van der Waals surface area contributed by atoms with Crippen LogP contribution in [0.4, 0.5) is 11.4 Å². The number of fused-ring (bicyclic) bond motifs is 2. The van der Waals surface area contributed by atoms with Crippen molar-refractivity contribution in [1.82, 2.24) is 0 Å². The summed E-state index contributed by atoms with van der Waals surface area (Å²) in [5.41, 5.74) is 0.624. The van der Waals surface area contributed by atoms with Crippen LogP contribution in [-0.2, 0) is 4.79 Å². The maximum absolute atomic E-state index is 12.5. The molecule has 0 bridgehead atoms. The van der Waals surface area contributed by atoms with Gasteiger partial charge in [-0.2, -0.15) is 0 Å². The number of halogens is 2. The second-order valence-electron chi connectivity index (χ2n) is 7.19. The molecule has 7 heteroatoms. The van der Waals surface area contributed by atoms with Crippen LogP contribution in [-0.4, -0.2) is 15.2 Å². The number of hydrogen-bond acceptors (Lipinski definition) is 3. The Labute approximate surface area is 149 Å². The molecule has 0 spiro atoms. The average Bonchev–Trinajstić information content (AvgIpc) is 3.32. The molecule has 1 N–H and O–H groups in total. The number of rotatable bonds is 3. The van der Waals surface area contributed by atoms with Gasteiger partial charge in [0.15, 0.2) is 0 Å². The predicted octanol–water partition coefficient (Wildman–Crippen LogP) is 4.39. The van der Waals surface area contributed by atoms with Crippen LogP contribution < -0.4 is 5.32 Å². The number of carbonyl (C=O) groups excluding carboxylic acids is 1. The summed E-state index contributed by atoms with van der Waals surface area (Å²) < 4.78 is -0.534. The molecule has 24 heavy (non-hydrogen) atoms. The molecule has 0 heterocycles. The number of nitrogens with one attached hydrogen (secondary N) is 1. The summed E-state index contributed by atoms with van der Waals surface area (Å²) in [7, 11) is 0. The smallest absolute Gasteiger partial charge is 0.269 e. The summed E-state index contributed by atoms with van der Waals surface area (Å²) in [6, 6.07) is 5.95. The van der Waals surface area contributed by atoms with Gasteiger partial charge < -0.3 is 5.32 Å². The normalized spacial score (nSPS) is 35.7. The van der Waals surface area contributed by atoms with Crippen molar-refractivity contribution in [3.63, 3.8) is 0 Å². The number of benzene rings is 1. The van der Waals surface area contributed by atoms with Crippen LogP contribution in [0.25, 0.3) is 0 Å². The van der Waals surface area contributed by atoms with E-state index in [9.17, 15) is 14.9 Å². The largest absolute Gasteiger partial charge is 0.326 e. The maximum atomic E-state index is 12.5. The van der Waals surface area contributed by atoms with Crippen molar-refractivity contribution in [2.45, 2.75) is 30.0 Å². The van der Waals surface area contributed by atoms with Crippen LogP contribution in [0.1, 0.15) is 25.7 Å². The fourth-order valence-electron chi connectivity index (χ4n) is 4.51. The molecule has 0 radical (unpaired) electrons. The van der Waals surface area contributed by atoms with E-state index in [4.69, 9.17) is 23.2 Å². The lowest BCUT2D eigenvalue weighted by molar-refractivity contribution is -0.384. The van der Waals surface area contributed by atoms with Crippen LogP contribution >= 0.6 is 23.2 Å². The summed E-state index contributed by atoms with van der Waals surface area (Å²) in [6.45, 7) is 0. The van der Waals surface area contributed by atoms with Gasteiger partial charge >= 0.3 is 0 Å². The zero-order valence-electron chi connectivity index (χ0n) is 13.0. The zero-order chi connectivity index (χ0) is 17.1. The number of nitro benzene ring substituents is 1. The molecule has 4 rings (SSSR count). The van der Waals surface area contributed by atoms with Gasteiger partial charge in [0.05, 0.1) is 4.92 Å². The van der Waals surface area contributed by atoms with Gasteiger partial charge in [0, 0.05) is 23.7 Å². The summed E-state index contributed by atoms with van der Waals surface area (Å²) >= 11 is 12.6. The minimum atomic E-state index is -0.534. The van der Waals surface area contributed by atoms with Crippen molar-refractivity contribution in [2.24, 2.45) is 29.6 Å². The number of nitro groups is 1. The van der Waals surface area contributed by atoms with Crippen LogP contribution in [0.3, 0.4) is 0 Å². The number of amides is 1. The first-order valence-corrected chi connectivity index (χ1v) is 9.08. The number of nitrogens with zero attached hydrogens (tertiary/aromatic N) is 1. The van der Waals surface area contributed by atoms with E-state index in [0.29, 0.717) is 29.4 Å². The number of hydrogen-bond donors (Lipinski definition) is 1. The first-order valence-electron chi connectivity index (χ1n) is 8.32. The molecule has 4 unspecified atom stereocenters. The third-order valence-electron chi connectivity index (χ3n) is 5.97. The highest BCUT2D eigenvalue weighted by Crippen LogP contribution is 2.67. The predicted molar refractivity (Wildman–Crippen MR) is 92.1 cm³/mol. The van der Waals surface area contributed by atoms with E-state index in [1.54, 1.807) is 12.1 Å². The van der Waals surface area contributed by atoms with Crippen molar-refractivity contribution >= 4 is 40.5 Å². The number of alkyl halides is 2. The van der Waals surface area contributed by atoms with E-state index < -0.39 is 9.26 Å². The van der Waals surface area contributed by atoms with Gasteiger partial charge in [-0.15, -0.1) is 23.2 Å². The van der Waals surface area contributed by atoms with Gasteiger partial charge in [-0.3, -0.25) is 14.9 Å². The highest BCUT2D eigenvalue weighted by molar-refractivity contribution is 6.51. The van der Waals surface area contributed by atoms with Crippen LogP contribution in [0.5, 0.6) is 0 Å². The van der Waals surface area contributed by atoms with Crippen LogP contribution in [0, 0.1) is 39.7 Å². The molecular weight excluding hydrogens is 351 g/mol. The molecule has 128 valence electrons. The molecule has 3 aliphatic carbocycles. The molecule has 1 aromatic rings. The quantitative estimate of drug-likeness (QED) is 0.488. The summed E-state index contributed by atoms with van der Waals surface area (Å²) in [4.78, 5) is 22.7. The summed E-state index contributed by atoms with van der Waals surface area (Å²) in [5.74, 6) is 1.71. The molecule has 1 aromatic carbocycles. The third-order valence-corrected chi connectivity index (χ3v) is 7.09. The monoisotopic (exact) mass is 368 g/mol. The van der Waals surface area contributed by atoms with Crippen LogP contribution in [0.15, 0.2) is 24.3 Å². The van der Waals surface area contributed by atoms with Crippen molar-refractivity contribution in [3.8, 4) is 0 Å². The molecule has 3 fully saturated rings. The van der Waals surface area contributed by atoms with E-state index in [-0.39, 0.29) is 17.5 Å². The van der Waals surface area contributed by atoms with Crippen molar-refractivity contribution < 1.29 is 9.72 Å². The molecule has 0 saturated heterocycles. The zero-order valence-corrected chi connectivity index (χ0v) is 14.5. The second kappa shape index (κ2) is 5.60. The minimum absolute atomic E-state index is 0.0194. The Morgan fingerprint density at radius 1 is 1.08 bits per heavy atom. The molecule has 1 amide bonds. The van der Waals surface area contributed by atoms with E-state index in [1.165, 1.54) is 12.1 Å². The van der Waals surface area contributed by atoms with Gasteiger partial charge in [0.1, 0.15) is 4.33 Å². The van der Waals surface area contributed by atoms with Gasteiger partial charge in [-0.1, -0.05) is 0 Å². The molecule has 4 atom stereocenters. The molecule has 5 nitrogen and oxygen atoms in total. The number of carbonyl (C=O) groups is 1. The van der Waals surface area contributed by atoms with Gasteiger partial charge in [-0.05, 0) is 61.5 Å². The first-order chi connectivity index (χ1) is 11.4. The fourth-order valence-corrected chi connectivity index (χ4v) is 5.42. The molecule has 0 aromatic heterocycles. The molecule has 0 aliphatic heterocycles. The lowest BCUT2D eigenvalue weighted by atomic mass is 10.0. The first kappa shape index (κ1) is 16.2. The van der Waals surface area contributed by atoms with Gasteiger partial charge in [0.25, 0.3) is 5.69 Å². The SMILES string of the molecule is O=C(Nc1ccc([N+](=O)[O-])cc1)C1C2CCC3C(CCC21)C3(Cl)Cl. The maximum Gasteiger partial charge on any atom is 0.269 e. The highest BCUT2D eigenvalue weighted by Gasteiger charge is 2.65. The van der Waals surface area contributed by atoms with E-state index in [2.05, 4.69) is 5.32 Å². The average molecular weight is 369 g/mol. The van der Waals surface area contributed by atoms with E-state index in [0.717, 1.165) is 25.7 Å². The summed E-state index contributed by atoms with van der Waals surface area (Å²) in [5, 5.41) is 13.6. The second-order valence-corrected chi connectivity index (χ2v) is 8.63. The van der Waals surface area contributed by atoms with Gasteiger partial charge in [-0.25, -0.2) is 0 Å². The standard InChI is InChI=1S/C17H18Cl2N2O3/c18-17(19)13-7-5-11-12(6-8-14(13)17)15(11)16(22)20-9-1-3-10(4-2-9)21(23)24/h1-4,11-15H,5-8H2,(H,20,22). The lowest BCUT2D eigenvalue weighted by Crippen LogP contribution is -2.15. The molecular formula is C17H18Cl2N2O3.